The smallest absolute Gasteiger partial charge is 0.0546 e. The highest BCUT2D eigenvalue weighted by Gasteiger charge is 2.24. The second-order valence-electron chi connectivity index (χ2n) is 15.3. The van der Waals surface area contributed by atoms with Crippen molar-refractivity contribution in [3.05, 3.63) is 243 Å². The Kier molecular flexibility index (Phi) is 8.87. The van der Waals surface area contributed by atoms with E-state index in [-0.39, 0.29) is 0 Å². The molecule has 0 aromatic heterocycles. The first kappa shape index (κ1) is 35.2. The molecule has 0 bridgehead atoms. The predicted molar refractivity (Wildman–Crippen MR) is 257 cm³/mol. The summed E-state index contributed by atoms with van der Waals surface area (Å²) < 4.78 is 0. The topological polar surface area (TPSA) is 6.48 Å². The Labute approximate surface area is 350 Å². The van der Waals surface area contributed by atoms with Crippen molar-refractivity contribution in [2.24, 2.45) is 0 Å². The van der Waals surface area contributed by atoms with Crippen molar-refractivity contribution in [2.75, 3.05) is 9.80 Å². The molecule has 0 saturated heterocycles. The molecule has 2 heteroatoms. The average molecular weight is 765 g/mol. The van der Waals surface area contributed by atoms with E-state index in [1.54, 1.807) is 0 Å². The van der Waals surface area contributed by atoms with Gasteiger partial charge in [-0.3, -0.25) is 0 Å². The zero-order valence-corrected chi connectivity index (χ0v) is 33.0. The van der Waals surface area contributed by atoms with Gasteiger partial charge in [0.2, 0.25) is 0 Å². The predicted octanol–water partition coefficient (Wildman–Crippen LogP) is 16.6. The van der Waals surface area contributed by atoms with Gasteiger partial charge < -0.3 is 9.80 Å². The Bertz CT molecular complexity index is 3260. The van der Waals surface area contributed by atoms with E-state index >= 15 is 0 Å². The molecule has 11 aromatic carbocycles. The molecule has 2 nitrogen and oxygen atoms in total. The number of fused-ring (bicyclic) bond motifs is 4. The summed E-state index contributed by atoms with van der Waals surface area (Å²) in [5, 5.41) is 9.79. The molecule has 0 atom stereocenters. The largest absolute Gasteiger partial charge is 0.311 e. The third-order valence-electron chi connectivity index (χ3n) is 11.8. The minimum atomic E-state index is 1.07. The summed E-state index contributed by atoms with van der Waals surface area (Å²) in [7, 11) is 0. The van der Waals surface area contributed by atoms with E-state index in [2.05, 4.69) is 252 Å². The minimum Gasteiger partial charge on any atom is -0.311 e. The second-order valence-corrected chi connectivity index (χ2v) is 15.3. The molecular formula is C58H40N2. The van der Waals surface area contributed by atoms with Crippen LogP contribution < -0.4 is 9.80 Å². The van der Waals surface area contributed by atoms with Crippen LogP contribution in [-0.2, 0) is 0 Å². The first-order valence-electron chi connectivity index (χ1n) is 20.6. The van der Waals surface area contributed by atoms with Crippen molar-refractivity contribution in [3.63, 3.8) is 0 Å². The Hall–Kier alpha value is -7.94. The van der Waals surface area contributed by atoms with Gasteiger partial charge in [0.25, 0.3) is 0 Å². The maximum atomic E-state index is 2.44. The van der Waals surface area contributed by atoms with Crippen molar-refractivity contribution in [2.45, 2.75) is 0 Å². The fourth-order valence-electron chi connectivity index (χ4n) is 9.05. The van der Waals surface area contributed by atoms with Crippen molar-refractivity contribution in [3.8, 4) is 22.3 Å². The van der Waals surface area contributed by atoms with Gasteiger partial charge in [0, 0.05) is 33.8 Å². The molecule has 0 amide bonds. The maximum Gasteiger partial charge on any atom is 0.0546 e. The fraction of sp³-hybridized carbons (Fsp3) is 0. The SMILES string of the molecule is c1ccc(N(c2ccccc2)c2ccc(N(c3ccccc3)c3cccc4c(-c5ccc6ccccc6c5)c5ccccc5c(-c5ccc6ccccc6c5)c34)cc2)cc1. The lowest BCUT2D eigenvalue weighted by Crippen LogP contribution is -2.12. The van der Waals surface area contributed by atoms with Gasteiger partial charge in [0.1, 0.15) is 0 Å². The summed E-state index contributed by atoms with van der Waals surface area (Å²) in [6, 6.07) is 88.0. The Morgan fingerprint density at radius 2 is 0.617 bits per heavy atom. The van der Waals surface area contributed by atoms with Crippen LogP contribution in [0.3, 0.4) is 0 Å². The molecule has 0 aliphatic carbocycles. The molecule has 0 saturated carbocycles. The summed E-state index contributed by atoms with van der Waals surface area (Å²) in [4.78, 5) is 4.75. The summed E-state index contributed by atoms with van der Waals surface area (Å²) in [6.45, 7) is 0. The number of hydrogen-bond donors (Lipinski definition) is 0. The molecule has 60 heavy (non-hydrogen) atoms. The van der Waals surface area contributed by atoms with E-state index in [4.69, 9.17) is 0 Å². The number of nitrogens with zero attached hydrogens (tertiary/aromatic N) is 2. The number of benzene rings is 11. The lowest BCUT2D eigenvalue weighted by Gasteiger charge is -2.30. The lowest BCUT2D eigenvalue weighted by molar-refractivity contribution is 1.26. The van der Waals surface area contributed by atoms with Crippen molar-refractivity contribution < 1.29 is 0 Å². The minimum absolute atomic E-state index is 1.07. The first-order valence-corrected chi connectivity index (χ1v) is 20.6. The maximum absolute atomic E-state index is 2.44. The highest BCUT2D eigenvalue weighted by molar-refractivity contribution is 6.25. The van der Waals surface area contributed by atoms with Gasteiger partial charge in [0.05, 0.1) is 5.69 Å². The van der Waals surface area contributed by atoms with Crippen LogP contribution in [0.25, 0.3) is 65.3 Å². The molecule has 0 radical (unpaired) electrons. The number of hydrogen-bond acceptors (Lipinski definition) is 2. The van der Waals surface area contributed by atoms with E-state index < -0.39 is 0 Å². The monoisotopic (exact) mass is 764 g/mol. The van der Waals surface area contributed by atoms with Gasteiger partial charge in [-0.2, -0.15) is 0 Å². The standard InChI is InChI=1S/C58H40N2/c1-4-21-47(22-5-1)59(48-23-6-2-7-24-48)50-35-37-51(38-36-50)60(49-25-8-3-9-26-49)55-30-16-29-54-56(45-33-31-41-17-10-12-19-43(41)39-45)52-27-14-15-28-53(52)57(58(54)55)46-34-32-42-18-11-13-20-44(42)40-46/h1-40H. The third-order valence-corrected chi connectivity index (χ3v) is 11.8. The highest BCUT2D eigenvalue weighted by Crippen LogP contribution is 2.50. The summed E-state index contributed by atoms with van der Waals surface area (Å²) >= 11 is 0. The lowest BCUT2D eigenvalue weighted by atomic mass is 9.84. The number of anilines is 6. The molecule has 0 aliphatic heterocycles. The van der Waals surface area contributed by atoms with E-state index in [9.17, 15) is 0 Å². The van der Waals surface area contributed by atoms with Gasteiger partial charge in [-0.15, -0.1) is 0 Å². The van der Waals surface area contributed by atoms with Gasteiger partial charge in [0.15, 0.2) is 0 Å². The zero-order chi connectivity index (χ0) is 39.8. The summed E-state index contributed by atoms with van der Waals surface area (Å²) in [6.07, 6.45) is 0. The average Bonchev–Trinajstić information content (AvgIpc) is 3.32. The Balaban J connectivity index is 1.20. The van der Waals surface area contributed by atoms with E-state index in [0.29, 0.717) is 0 Å². The normalized spacial score (nSPS) is 11.3. The van der Waals surface area contributed by atoms with Crippen molar-refractivity contribution in [1.82, 2.24) is 0 Å². The van der Waals surface area contributed by atoms with Crippen molar-refractivity contribution >= 4 is 77.2 Å². The van der Waals surface area contributed by atoms with E-state index in [0.717, 1.165) is 34.1 Å². The van der Waals surface area contributed by atoms with Crippen LogP contribution in [-0.4, -0.2) is 0 Å². The Morgan fingerprint density at radius 1 is 0.233 bits per heavy atom. The number of rotatable bonds is 8. The van der Waals surface area contributed by atoms with Crippen LogP contribution in [0.5, 0.6) is 0 Å². The third kappa shape index (κ3) is 6.23. The van der Waals surface area contributed by atoms with Gasteiger partial charge in [-0.25, -0.2) is 0 Å². The van der Waals surface area contributed by atoms with Crippen LogP contribution in [0, 0.1) is 0 Å². The highest BCUT2D eigenvalue weighted by atomic mass is 15.2. The Morgan fingerprint density at radius 3 is 1.15 bits per heavy atom. The van der Waals surface area contributed by atoms with Crippen LogP contribution in [0.1, 0.15) is 0 Å². The molecule has 0 N–H and O–H groups in total. The molecule has 11 rings (SSSR count). The van der Waals surface area contributed by atoms with E-state index in [1.807, 2.05) is 0 Å². The zero-order valence-electron chi connectivity index (χ0n) is 33.0. The molecule has 11 aromatic rings. The second kappa shape index (κ2) is 15.1. The van der Waals surface area contributed by atoms with Gasteiger partial charge in [-0.1, -0.05) is 164 Å². The van der Waals surface area contributed by atoms with Gasteiger partial charge in [-0.05, 0) is 139 Å². The van der Waals surface area contributed by atoms with E-state index in [1.165, 1.54) is 65.3 Å². The van der Waals surface area contributed by atoms with Crippen LogP contribution >= 0.6 is 0 Å². The molecule has 0 heterocycles. The summed E-state index contributed by atoms with van der Waals surface area (Å²) in [5.74, 6) is 0. The molecule has 0 unspecified atom stereocenters. The summed E-state index contributed by atoms with van der Waals surface area (Å²) in [5.41, 5.74) is 11.4. The molecule has 282 valence electrons. The molecule has 0 fully saturated rings. The quantitative estimate of drug-likeness (QED) is 0.142. The number of para-hydroxylation sites is 3. The van der Waals surface area contributed by atoms with Gasteiger partial charge >= 0.3 is 0 Å². The molecule has 0 aliphatic rings. The van der Waals surface area contributed by atoms with Crippen LogP contribution in [0.4, 0.5) is 34.1 Å². The first-order chi connectivity index (χ1) is 29.8. The molecule has 0 spiro atoms. The molecular weight excluding hydrogens is 725 g/mol. The van der Waals surface area contributed by atoms with Crippen LogP contribution in [0.15, 0.2) is 243 Å². The fourth-order valence-corrected chi connectivity index (χ4v) is 9.05. The van der Waals surface area contributed by atoms with Crippen molar-refractivity contribution in [1.29, 1.82) is 0 Å². The van der Waals surface area contributed by atoms with Crippen LogP contribution in [0.2, 0.25) is 0 Å².